The second-order valence-corrected chi connectivity index (χ2v) is 5.66. The summed E-state index contributed by atoms with van der Waals surface area (Å²) in [6.07, 6.45) is 0. The summed E-state index contributed by atoms with van der Waals surface area (Å²) in [5.74, 6) is 6.80. The molecule has 4 N–H and O–H groups in total. The molecule has 0 fully saturated rings. The van der Waals surface area contributed by atoms with Gasteiger partial charge in [-0.25, -0.2) is 10.8 Å². The first kappa shape index (κ1) is 15.3. The number of anilines is 1. The van der Waals surface area contributed by atoms with Crippen molar-refractivity contribution in [3.05, 3.63) is 48.5 Å². The summed E-state index contributed by atoms with van der Waals surface area (Å²) < 4.78 is 6.50. The largest absolute Gasteiger partial charge is 0.494 e. The fraction of sp³-hybridized carbons (Fsp3) is 0.125. The lowest BCUT2D eigenvalue weighted by atomic mass is 10.3. The monoisotopic (exact) mass is 327 g/mol. The third-order valence-electron chi connectivity index (χ3n) is 3.05. The third kappa shape index (κ3) is 3.77. The van der Waals surface area contributed by atoms with Crippen LogP contribution in [0.25, 0.3) is 10.2 Å². The van der Waals surface area contributed by atoms with Gasteiger partial charge in [0.1, 0.15) is 5.75 Å². The molecule has 6 nitrogen and oxygen atoms in total. The zero-order chi connectivity index (χ0) is 16.1. The van der Waals surface area contributed by atoms with Gasteiger partial charge >= 0.3 is 0 Å². The van der Waals surface area contributed by atoms with Gasteiger partial charge in [0.25, 0.3) is 0 Å². The van der Waals surface area contributed by atoms with E-state index in [1.165, 1.54) is 11.3 Å². The first-order chi connectivity index (χ1) is 11.3. The van der Waals surface area contributed by atoms with Gasteiger partial charge in [0.05, 0.1) is 16.8 Å². The second-order valence-electron chi connectivity index (χ2n) is 4.65. The van der Waals surface area contributed by atoms with Crippen LogP contribution in [-0.2, 0) is 0 Å². The first-order valence-corrected chi connectivity index (χ1v) is 8.01. The Morgan fingerprint density at radius 1 is 1.22 bits per heavy atom. The maximum absolute atomic E-state index is 5.55. The molecule has 3 aromatic rings. The molecule has 0 bridgehead atoms. The fourth-order valence-corrected chi connectivity index (χ4v) is 2.88. The average molecular weight is 327 g/mol. The van der Waals surface area contributed by atoms with Crippen LogP contribution in [0.15, 0.2) is 53.5 Å². The summed E-state index contributed by atoms with van der Waals surface area (Å²) in [5.41, 5.74) is 4.34. The molecule has 0 aliphatic heterocycles. The van der Waals surface area contributed by atoms with Crippen LogP contribution in [0.5, 0.6) is 5.75 Å². The van der Waals surface area contributed by atoms with Crippen LogP contribution >= 0.6 is 11.3 Å². The Balaban J connectivity index is 1.78. The van der Waals surface area contributed by atoms with Crippen molar-refractivity contribution < 1.29 is 4.74 Å². The van der Waals surface area contributed by atoms with Crippen LogP contribution in [-0.4, -0.2) is 17.6 Å². The topological polar surface area (TPSA) is 84.6 Å². The van der Waals surface area contributed by atoms with E-state index >= 15 is 0 Å². The van der Waals surface area contributed by atoms with Crippen LogP contribution in [0.4, 0.5) is 10.8 Å². The van der Waals surface area contributed by atoms with E-state index < -0.39 is 0 Å². The molecule has 118 valence electrons. The van der Waals surface area contributed by atoms with Gasteiger partial charge in [-0.2, -0.15) is 4.99 Å². The number of hydrazine groups is 1. The van der Waals surface area contributed by atoms with E-state index in [2.05, 4.69) is 20.7 Å². The van der Waals surface area contributed by atoms with E-state index in [0.29, 0.717) is 17.7 Å². The third-order valence-corrected chi connectivity index (χ3v) is 3.99. The summed E-state index contributed by atoms with van der Waals surface area (Å²) in [4.78, 5) is 8.87. The highest BCUT2D eigenvalue weighted by Gasteiger charge is 2.04. The molecule has 0 unspecified atom stereocenters. The van der Waals surface area contributed by atoms with E-state index in [9.17, 15) is 0 Å². The summed E-state index contributed by atoms with van der Waals surface area (Å²) in [7, 11) is 0. The van der Waals surface area contributed by atoms with Gasteiger partial charge in [-0.1, -0.05) is 23.5 Å². The maximum Gasteiger partial charge on any atom is 0.217 e. The quantitative estimate of drug-likeness (QED) is 0.296. The number of nitrogens with zero attached hydrogens (tertiary/aromatic N) is 2. The minimum absolute atomic E-state index is 0.424. The van der Waals surface area contributed by atoms with Crippen molar-refractivity contribution in [3.8, 4) is 5.75 Å². The highest BCUT2D eigenvalue weighted by atomic mass is 32.1. The number of nitrogens with two attached hydrogens (primary N) is 1. The summed E-state index contributed by atoms with van der Waals surface area (Å²) in [5, 5.41) is 3.75. The van der Waals surface area contributed by atoms with Gasteiger partial charge in [-0.15, -0.1) is 0 Å². The number of aliphatic imine (C=N–C) groups is 1. The Morgan fingerprint density at radius 2 is 2.00 bits per heavy atom. The molecule has 0 aliphatic rings. The molecule has 0 spiro atoms. The normalized spacial score (nSPS) is 11.5. The van der Waals surface area contributed by atoms with Crippen molar-refractivity contribution in [1.82, 2.24) is 10.4 Å². The van der Waals surface area contributed by atoms with Crippen molar-refractivity contribution in [3.63, 3.8) is 0 Å². The Hall–Kier alpha value is -2.64. The Bertz CT molecular complexity index is 780. The summed E-state index contributed by atoms with van der Waals surface area (Å²) in [6, 6.07) is 15.5. The van der Waals surface area contributed by atoms with Crippen LogP contribution in [0.3, 0.4) is 0 Å². The standard InChI is InChI=1S/C16H17N5OS/c1-2-22-12-9-7-11(8-10-12)18-15(21-17)20-16-19-13-5-3-4-6-14(13)23-16/h3-10H,2,17H2,1H3,(H2,18,19,20,21). The number of para-hydroxylation sites is 1. The molecule has 2 aromatic carbocycles. The smallest absolute Gasteiger partial charge is 0.217 e. The molecule has 0 amide bonds. The van der Waals surface area contributed by atoms with Crippen molar-refractivity contribution in [2.75, 3.05) is 11.9 Å². The predicted molar refractivity (Wildman–Crippen MR) is 95.3 cm³/mol. The van der Waals surface area contributed by atoms with Crippen molar-refractivity contribution in [2.45, 2.75) is 6.92 Å². The average Bonchev–Trinajstić information content (AvgIpc) is 2.98. The number of aromatic nitrogens is 1. The molecule has 0 radical (unpaired) electrons. The van der Waals surface area contributed by atoms with Crippen molar-refractivity contribution in [1.29, 1.82) is 0 Å². The Labute approximate surface area is 138 Å². The molecule has 0 saturated heterocycles. The Kier molecular flexibility index (Phi) is 4.70. The lowest BCUT2D eigenvalue weighted by Gasteiger charge is -2.09. The van der Waals surface area contributed by atoms with Crippen LogP contribution in [0.1, 0.15) is 6.92 Å². The van der Waals surface area contributed by atoms with E-state index in [4.69, 9.17) is 10.6 Å². The number of fused-ring (bicyclic) bond motifs is 1. The molecule has 0 saturated carbocycles. The first-order valence-electron chi connectivity index (χ1n) is 7.19. The highest BCUT2D eigenvalue weighted by molar-refractivity contribution is 7.22. The van der Waals surface area contributed by atoms with Crippen molar-refractivity contribution >= 4 is 38.3 Å². The maximum atomic E-state index is 5.55. The molecule has 3 rings (SSSR count). The summed E-state index contributed by atoms with van der Waals surface area (Å²) in [6.45, 7) is 2.59. The number of hydrogen-bond donors (Lipinski definition) is 3. The number of ether oxygens (including phenoxy) is 1. The zero-order valence-electron chi connectivity index (χ0n) is 12.6. The molecule has 1 heterocycles. The van der Waals surface area contributed by atoms with Gasteiger partial charge in [0.15, 0.2) is 0 Å². The lowest BCUT2D eigenvalue weighted by molar-refractivity contribution is 0.340. The van der Waals surface area contributed by atoms with Crippen LogP contribution < -0.4 is 21.3 Å². The van der Waals surface area contributed by atoms with Gasteiger partial charge in [-0.05, 0) is 43.3 Å². The van der Waals surface area contributed by atoms with E-state index in [0.717, 1.165) is 21.7 Å². The summed E-state index contributed by atoms with van der Waals surface area (Å²) >= 11 is 1.51. The number of thiazole rings is 1. The molecule has 7 heteroatoms. The van der Waals surface area contributed by atoms with Gasteiger partial charge in [-0.3, -0.25) is 5.43 Å². The van der Waals surface area contributed by atoms with E-state index in [1.807, 2.05) is 55.5 Å². The highest BCUT2D eigenvalue weighted by Crippen LogP contribution is 2.27. The predicted octanol–water partition coefficient (Wildman–Crippen LogP) is 3.26. The molecule has 0 atom stereocenters. The van der Waals surface area contributed by atoms with Gasteiger partial charge < -0.3 is 10.1 Å². The van der Waals surface area contributed by atoms with Crippen LogP contribution in [0.2, 0.25) is 0 Å². The van der Waals surface area contributed by atoms with Gasteiger partial charge in [0, 0.05) is 5.69 Å². The minimum atomic E-state index is 0.424. The lowest BCUT2D eigenvalue weighted by Crippen LogP contribution is -2.35. The number of rotatable bonds is 4. The number of guanidine groups is 1. The van der Waals surface area contributed by atoms with Crippen molar-refractivity contribution in [2.24, 2.45) is 10.8 Å². The van der Waals surface area contributed by atoms with Gasteiger partial charge in [0.2, 0.25) is 11.1 Å². The minimum Gasteiger partial charge on any atom is -0.494 e. The number of benzene rings is 2. The fourth-order valence-electron chi connectivity index (χ4n) is 2.04. The van der Waals surface area contributed by atoms with E-state index in [1.54, 1.807) is 0 Å². The molecular formula is C16H17N5OS. The number of hydrogen-bond acceptors (Lipinski definition) is 5. The SMILES string of the molecule is CCOc1ccc(N/C(=N\c2nc3ccccc3s2)NN)cc1. The molecule has 0 aliphatic carbocycles. The molecular weight excluding hydrogens is 310 g/mol. The zero-order valence-corrected chi connectivity index (χ0v) is 13.4. The Morgan fingerprint density at radius 3 is 2.70 bits per heavy atom. The molecule has 23 heavy (non-hydrogen) atoms. The second kappa shape index (κ2) is 7.08. The number of nitrogens with one attached hydrogen (secondary N) is 2. The van der Waals surface area contributed by atoms with Crippen LogP contribution in [0, 0.1) is 0 Å². The van der Waals surface area contributed by atoms with E-state index in [-0.39, 0.29) is 0 Å². The molecule has 1 aromatic heterocycles.